The second-order valence-corrected chi connectivity index (χ2v) is 8.71. The van der Waals surface area contributed by atoms with Crippen LogP contribution in [0, 0.1) is 0 Å². The Kier molecular flexibility index (Phi) is 9.77. The fourth-order valence-corrected chi connectivity index (χ4v) is 3.50. The minimum absolute atomic E-state index is 0.0238. The number of hydrogen-bond donors (Lipinski definition) is 1. The lowest BCUT2D eigenvalue weighted by molar-refractivity contribution is -0.140. The van der Waals surface area contributed by atoms with Gasteiger partial charge in [-0.2, -0.15) is 0 Å². The van der Waals surface area contributed by atoms with Gasteiger partial charge in [-0.15, -0.1) is 0 Å². The van der Waals surface area contributed by atoms with Gasteiger partial charge in [0.25, 0.3) is 0 Å². The van der Waals surface area contributed by atoms with Gasteiger partial charge in [-0.25, -0.2) is 0 Å². The number of rotatable bonds is 11. The third kappa shape index (κ3) is 7.86. The smallest absolute Gasteiger partial charge is 0.242 e. The Balaban J connectivity index is 2.05. The van der Waals surface area contributed by atoms with Crippen LogP contribution in [0.5, 0.6) is 0 Å². The van der Waals surface area contributed by atoms with Crippen LogP contribution in [0.2, 0.25) is 0 Å². The molecule has 0 aliphatic carbocycles. The molecule has 2 atom stereocenters. The minimum atomic E-state index is -0.492. The van der Waals surface area contributed by atoms with E-state index < -0.39 is 6.04 Å². The molecule has 0 spiro atoms. The Bertz CT molecular complexity index is 815. The highest BCUT2D eigenvalue weighted by molar-refractivity contribution is 5.87. The summed E-state index contributed by atoms with van der Waals surface area (Å²) in [6, 6.07) is 18.2. The largest absolute Gasteiger partial charge is 0.352 e. The molecule has 0 heterocycles. The van der Waals surface area contributed by atoms with Crippen LogP contribution in [0.4, 0.5) is 0 Å². The summed E-state index contributed by atoms with van der Waals surface area (Å²) in [6.07, 6.45) is 2.68. The zero-order chi connectivity index (χ0) is 22.8. The van der Waals surface area contributed by atoms with Crippen LogP contribution in [0.3, 0.4) is 0 Å². The van der Waals surface area contributed by atoms with Crippen LogP contribution >= 0.6 is 0 Å². The number of carbonyl (C=O) groups excluding carboxylic acids is 2. The van der Waals surface area contributed by atoms with Gasteiger partial charge in [0.05, 0.1) is 0 Å². The van der Waals surface area contributed by atoms with Crippen molar-refractivity contribution in [2.24, 2.45) is 0 Å². The number of benzene rings is 2. The molecule has 31 heavy (non-hydrogen) atoms. The van der Waals surface area contributed by atoms with Crippen LogP contribution in [0.15, 0.2) is 54.6 Å². The molecular weight excluding hydrogens is 384 g/mol. The maximum atomic E-state index is 13.2. The molecule has 2 unspecified atom stereocenters. The molecule has 168 valence electrons. The predicted molar refractivity (Wildman–Crippen MR) is 128 cm³/mol. The van der Waals surface area contributed by atoms with Gasteiger partial charge in [0.2, 0.25) is 11.8 Å². The molecule has 0 saturated heterocycles. The Morgan fingerprint density at radius 3 is 2.06 bits per heavy atom. The van der Waals surface area contributed by atoms with E-state index in [-0.39, 0.29) is 17.9 Å². The van der Waals surface area contributed by atoms with E-state index in [1.165, 1.54) is 11.1 Å². The molecule has 0 aromatic heterocycles. The van der Waals surface area contributed by atoms with Crippen molar-refractivity contribution < 1.29 is 9.59 Å². The van der Waals surface area contributed by atoms with Crippen molar-refractivity contribution in [1.29, 1.82) is 0 Å². The van der Waals surface area contributed by atoms with Crippen molar-refractivity contribution in [3.8, 4) is 0 Å². The van der Waals surface area contributed by atoms with Crippen molar-refractivity contribution in [3.05, 3.63) is 71.3 Å². The van der Waals surface area contributed by atoms with Crippen LogP contribution < -0.4 is 5.32 Å². The first kappa shape index (κ1) is 24.6. The Morgan fingerprint density at radius 2 is 1.48 bits per heavy atom. The van der Waals surface area contributed by atoms with Gasteiger partial charge in [0.15, 0.2) is 0 Å². The standard InChI is InChI=1S/C27H38N2O2/c1-6-21(4)28-27(31)22(5)29(19-18-23-10-8-7-9-11-23)26(30)17-14-24-12-15-25(16-13-24)20(2)3/h7-13,15-16,20-22H,6,14,17-19H2,1-5H3,(H,28,31). The summed E-state index contributed by atoms with van der Waals surface area (Å²) in [5, 5.41) is 3.02. The van der Waals surface area contributed by atoms with E-state index >= 15 is 0 Å². The summed E-state index contributed by atoms with van der Waals surface area (Å²) in [5.41, 5.74) is 3.62. The van der Waals surface area contributed by atoms with Gasteiger partial charge >= 0.3 is 0 Å². The SMILES string of the molecule is CCC(C)NC(=O)C(C)N(CCc1ccccc1)C(=O)CCc1ccc(C(C)C)cc1. The van der Waals surface area contributed by atoms with E-state index in [1.54, 1.807) is 4.90 Å². The summed E-state index contributed by atoms with van der Waals surface area (Å²) in [4.78, 5) is 27.6. The van der Waals surface area contributed by atoms with Gasteiger partial charge in [-0.05, 0) is 55.7 Å². The highest BCUT2D eigenvalue weighted by Gasteiger charge is 2.26. The molecule has 2 rings (SSSR count). The van der Waals surface area contributed by atoms with Crippen LogP contribution in [0.25, 0.3) is 0 Å². The predicted octanol–water partition coefficient (Wildman–Crippen LogP) is 5.12. The van der Waals surface area contributed by atoms with E-state index in [9.17, 15) is 9.59 Å². The number of hydrogen-bond acceptors (Lipinski definition) is 2. The lowest BCUT2D eigenvalue weighted by atomic mass is 10.00. The van der Waals surface area contributed by atoms with E-state index in [0.29, 0.717) is 25.3 Å². The molecule has 1 N–H and O–H groups in total. The van der Waals surface area contributed by atoms with E-state index in [1.807, 2.05) is 39.0 Å². The van der Waals surface area contributed by atoms with Gasteiger partial charge in [0.1, 0.15) is 6.04 Å². The molecule has 0 aliphatic rings. The van der Waals surface area contributed by atoms with Gasteiger partial charge in [-0.3, -0.25) is 9.59 Å². The lowest BCUT2D eigenvalue weighted by Gasteiger charge is -2.29. The van der Waals surface area contributed by atoms with Crippen LogP contribution in [0.1, 0.15) is 70.1 Å². The van der Waals surface area contributed by atoms with Crippen molar-refractivity contribution >= 4 is 11.8 Å². The molecule has 2 amide bonds. The van der Waals surface area contributed by atoms with Crippen molar-refractivity contribution in [2.45, 2.75) is 78.3 Å². The Hall–Kier alpha value is -2.62. The molecule has 2 aromatic carbocycles. The van der Waals surface area contributed by atoms with E-state index in [0.717, 1.165) is 18.4 Å². The molecule has 0 radical (unpaired) electrons. The maximum absolute atomic E-state index is 13.2. The quantitative estimate of drug-likeness (QED) is 0.547. The minimum Gasteiger partial charge on any atom is -0.352 e. The highest BCUT2D eigenvalue weighted by Crippen LogP contribution is 2.16. The Morgan fingerprint density at radius 1 is 0.871 bits per heavy atom. The third-order valence-corrected chi connectivity index (χ3v) is 5.93. The summed E-state index contributed by atoms with van der Waals surface area (Å²) >= 11 is 0. The number of nitrogens with one attached hydrogen (secondary N) is 1. The molecule has 0 saturated carbocycles. The fourth-order valence-electron chi connectivity index (χ4n) is 3.50. The summed E-state index contributed by atoms with van der Waals surface area (Å²) in [5.74, 6) is 0.432. The van der Waals surface area contributed by atoms with Gasteiger partial charge in [-0.1, -0.05) is 75.4 Å². The molecule has 0 aliphatic heterocycles. The molecule has 4 heteroatoms. The van der Waals surface area contributed by atoms with Crippen LogP contribution in [-0.2, 0) is 22.4 Å². The number of amides is 2. The average molecular weight is 423 g/mol. The first-order valence-electron chi connectivity index (χ1n) is 11.5. The molecule has 2 aromatic rings. The van der Waals surface area contributed by atoms with Crippen molar-refractivity contribution in [1.82, 2.24) is 10.2 Å². The average Bonchev–Trinajstić information content (AvgIpc) is 2.78. The molecule has 0 bridgehead atoms. The molecular formula is C27H38N2O2. The molecule has 0 fully saturated rings. The van der Waals surface area contributed by atoms with E-state index in [4.69, 9.17) is 0 Å². The number of carbonyl (C=O) groups is 2. The summed E-state index contributed by atoms with van der Waals surface area (Å²) in [7, 11) is 0. The zero-order valence-electron chi connectivity index (χ0n) is 19.7. The third-order valence-electron chi connectivity index (χ3n) is 5.93. The Labute approximate surface area is 188 Å². The molecule has 4 nitrogen and oxygen atoms in total. The number of aryl methyl sites for hydroxylation is 1. The first-order valence-corrected chi connectivity index (χ1v) is 11.5. The normalized spacial score (nSPS) is 13.0. The first-order chi connectivity index (χ1) is 14.8. The van der Waals surface area contributed by atoms with Gasteiger partial charge < -0.3 is 10.2 Å². The van der Waals surface area contributed by atoms with Crippen molar-refractivity contribution in [2.75, 3.05) is 6.54 Å². The summed E-state index contributed by atoms with van der Waals surface area (Å²) in [6.45, 7) is 10.7. The fraction of sp³-hybridized carbons (Fsp3) is 0.481. The zero-order valence-corrected chi connectivity index (χ0v) is 19.7. The van der Waals surface area contributed by atoms with Crippen molar-refractivity contribution in [3.63, 3.8) is 0 Å². The lowest BCUT2D eigenvalue weighted by Crippen LogP contribution is -2.50. The number of nitrogens with zero attached hydrogens (tertiary/aromatic N) is 1. The second-order valence-electron chi connectivity index (χ2n) is 8.71. The monoisotopic (exact) mass is 422 g/mol. The van der Waals surface area contributed by atoms with Gasteiger partial charge in [0, 0.05) is 19.0 Å². The summed E-state index contributed by atoms with van der Waals surface area (Å²) < 4.78 is 0. The second kappa shape index (κ2) is 12.3. The van der Waals surface area contributed by atoms with Crippen LogP contribution in [-0.4, -0.2) is 35.3 Å². The highest BCUT2D eigenvalue weighted by atomic mass is 16.2. The topological polar surface area (TPSA) is 49.4 Å². The maximum Gasteiger partial charge on any atom is 0.242 e. The van der Waals surface area contributed by atoms with E-state index in [2.05, 4.69) is 55.6 Å².